The van der Waals surface area contributed by atoms with Crippen LogP contribution in [0.4, 0.5) is 5.69 Å². The SMILES string of the molecule is COc1cc(N2CCCC2=O)ccc1OCCN1CCCC(O)C1.Oc1ccc(C2CC2)cc1. The Morgan fingerprint density at radius 2 is 1.79 bits per heavy atom. The van der Waals surface area contributed by atoms with E-state index in [1.807, 2.05) is 30.3 Å². The average Bonchev–Trinajstić information content (AvgIpc) is 3.60. The van der Waals surface area contributed by atoms with Gasteiger partial charge in [0.05, 0.1) is 13.2 Å². The summed E-state index contributed by atoms with van der Waals surface area (Å²) in [5.41, 5.74) is 2.23. The maximum atomic E-state index is 11.9. The molecule has 1 unspecified atom stereocenters. The molecule has 0 spiro atoms. The first kappa shape index (κ1) is 24.4. The maximum Gasteiger partial charge on any atom is 0.227 e. The topological polar surface area (TPSA) is 82.5 Å². The molecule has 2 aliphatic heterocycles. The lowest BCUT2D eigenvalue weighted by Gasteiger charge is -2.29. The van der Waals surface area contributed by atoms with Gasteiger partial charge in [0.1, 0.15) is 12.4 Å². The van der Waals surface area contributed by atoms with Crippen molar-refractivity contribution in [1.82, 2.24) is 4.90 Å². The number of phenolic OH excluding ortho intramolecular Hbond substituents is 1. The van der Waals surface area contributed by atoms with Crippen molar-refractivity contribution in [3.05, 3.63) is 48.0 Å². The Bertz CT molecular complexity index is 945. The minimum absolute atomic E-state index is 0.161. The number of aromatic hydroxyl groups is 1. The first-order valence-corrected chi connectivity index (χ1v) is 12.3. The Hall–Kier alpha value is -2.77. The van der Waals surface area contributed by atoms with E-state index in [4.69, 9.17) is 14.6 Å². The van der Waals surface area contributed by atoms with Gasteiger partial charge in [0.25, 0.3) is 0 Å². The molecule has 0 radical (unpaired) electrons. The summed E-state index contributed by atoms with van der Waals surface area (Å²) in [5, 5.41) is 18.7. The Morgan fingerprint density at radius 1 is 1.00 bits per heavy atom. The fraction of sp³-hybridized carbons (Fsp3) is 0.519. The number of ether oxygens (including phenoxy) is 2. The van der Waals surface area contributed by atoms with E-state index in [1.165, 1.54) is 18.4 Å². The predicted molar refractivity (Wildman–Crippen MR) is 132 cm³/mol. The van der Waals surface area contributed by atoms with Gasteiger partial charge in [0, 0.05) is 37.8 Å². The van der Waals surface area contributed by atoms with Gasteiger partial charge < -0.3 is 24.6 Å². The molecule has 2 saturated heterocycles. The fourth-order valence-electron chi connectivity index (χ4n) is 4.55. The first-order chi connectivity index (χ1) is 16.5. The van der Waals surface area contributed by atoms with E-state index in [0.29, 0.717) is 30.3 Å². The normalized spacial score (nSPS) is 20.6. The highest BCUT2D eigenvalue weighted by molar-refractivity contribution is 5.95. The van der Waals surface area contributed by atoms with Gasteiger partial charge in [0.2, 0.25) is 5.91 Å². The smallest absolute Gasteiger partial charge is 0.227 e. The van der Waals surface area contributed by atoms with Crippen LogP contribution in [0.2, 0.25) is 0 Å². The zero-order chi connectivity index (χ0) is 23.9. The van der Waals surface area contributed by atoms with Crippen LogP contribution in [-0.4, -0.2) is 67.0 Å². The van der Waals surface area contributed by atoms with Crippen LogP contribution >= 0.6 is 0 Å². The molecule has 3 aliphatic rings. The fourth-order valence-corrected chi connectivity index (χ4v) is 4.55. The molecule has 7 heteroatoms. The molecule has 7 nitrogen and oxygen atoms in total. The second-order valence-corrected chi connectivity index (χ2v) is 9.30. The quantitative estimate of drug-likeness (QED) is 0.641. The largest absolute Gasteiger partial charge is 0.508 e. The molecule has 184 valence electrons. The molecule has 0 bridgehead atoms. The number of aliphatic hydroxyl groups is 1. The number of piperidine rings is 1. The van der Waals surface area contributed by atoms with E-state index in [0.717, 1.165) is 57.0 Å². The van der Waals surface area contributed by atoms with Crippen molar-refractivity contribution in [3.8, 4) is 17.2 Å². The van der Waals surface area contributed by atoms with Crippen molar-refractivity contribution in [2.75, 3.05) is 44.8 Å². The van der Waals surface area contributed by atoms with Crippen molar-refractivity contribution in [3.63, 3.8) is 0 Å². The Balaban J connectivity index is 0.000000226. The summed E-state index contributed by atoms with van der Waals surface area (Å²) in [5.74, 6) is 2.65. The molecule has 1 amide bonds. The molecule has 5 rings (SSSR count). The number of amides is 1. The third-order valence-electron chi connectivity index (χ3n) is 6.62. The van der Waals surface area contributed by atoms with Crippen LogP contribution in [0.3, 0.4) is 0 Å². The molecular formula is C27H36N2O5. The third kappa shape index (κ3) is 6.64. The number of methoxy groups -OCH3 is 1. The van der Waals surface area contributed by atoms with Gasteiger partial charge in [-0.1, -0.05) is 12.1 Å². The van der Waals surface area contributed by atoms with Gasteiger partial charge in [-0.2, -0.15) is 0 Å². The van der Waals surface area contributed by atoms with Crippen molar-refractivity contribution < 1.29 is 24.5 Å². The summed E-state index contributed by atoms with van der Waals surface area (Å²) in [7, 11) is 1.61. The summed E-state index contributed by atoms with van der Waals surface area (Å²) < 4.78 is 11.3. The maximum absolute atomic E-state index is 11.9. The average molecular weight is 469 g/mol. The molecule has 2 N–H and O–H groups in total. The van der Waals surface area contributed by atoms with Gasteiger partial charge in [-0.05, 0) is 74.4 Å². The van der Waals surface area contributed by atoms with Crippen LogP contribution in [0.5, 0.6) is 17.2 Å². The van der Waals surface area contributed by atoms with Gasteiger partial charge in [-0.3, -0.25) is 9.69 Å². The Labute approximate surface area is 201 Å². The number of carbonyl (C=O) groups is 1. The zero-order valence-corrected chi connectivity index (χ0v) is 20.0. The third-order valence-corrected chi connectivity index (χ3v) is 6.62. The highest BCUT2D eigenvalue weighted by Gasteiger charge is 2.24. The molecule has 0 aromatic heterocycles. The number of likely N-dealkylation sites (tertiary alicyclic amines) is 1. The summed E-state index contributed by atoms with van der Waals surface area (Å²) >= 11 is 0. The van der Waals surface area contributed by atoms with Crippen LogP contribution in [0.1, 0.15) is 50.0 Å². The molecule has 1 saturated carbocycles. The number of anilines is 1. The Kier molecular flexibility index (Phi) is 8.29. The van der Waals surface area contributed by atoms with Crippen molar-refractivity contribution in [2.45, 2.75) is 50.5 Å². The van der Waals surface area contributed by atoms with Crippen LogP contribution in [0, 0.1) is 0 Å². The lowest BCUT2D eigenvalue weighted by molar-refractivity contribution is -0.117. The first-order valence-electron chi connectivity index (χ1n) is 12.3. The highest BCUT2D eigenvalue weighted by Crippen LogP contribution is 2.40. The van der Waals surface area contributed by atoms with Crippen molar-refractivity contribution in [1.29, 1.82) is 0 Å². The van der Waals surface area contributed by atoms with Gasteiger partial charge in [-0.15, -0.1) is 0 Å². The summed E-state index contributed by atoms with van der Waals surface area (Å²) in [6.45, 7) is 3.82. The predicted octanol–water partition coefficient (Wildman–Crippen LogP) is 3.93. The van der Waals surface area contributed by atoms with E-state index in [9.17, 15) is 9.90 Å². The Morgan fingerprint density at radius 3 is 2.44 bits per heavy atom. The number of aliphatic hydroxyl groups excluding tert-OH is 1. The van der Waals surface area contributed by atoms with Crippen LogP contribution < -0.4 is 14.4 Å². The van der Waals surface area contributed by atoms with E-state index in [1.54, 1.807) is 24.1 Å². The minimum atomic E-state index is -0.217. The number of phenols is 1. The summed E-state index contributed by atoms with van der Waals surface area (Å²) in [6, 6.07) is 13.2. The molecule has 2 aromatic carbocycles. The second kappa shape index (κ2) is 11.6. The van der Waals surface area contributed by atoms with E-state index >= 15 is 0 Å². The number of hydrogen-bond acceptors (Lipinski definition) is 6. The van der Waals surface area contributed by atoms with Crippen molar-refractivity contribution in [2.24, 2.45) is 0 Å². The molecule has 1 atom stereocenters. The lowest BCUT2D eigenvalue weighted by atomic mass is 10.1. The van der Waals surface area contributed by atoms with Crippen LogP contribution in [-0.2, 0) is 4.79 Å². The van der Waals surface area contributed by atoms with Gasteiger partial charge >= 0.3 is 0 Å². The monoisotopic (exact) mass is 468 g/mol. The standard InChI is InChI=1S/C18H26N2O4.C9H10O/c1-23-17-12-14(20-9-3-5-18(20)22)6-7-16(17)24-11-10-19-8-2-4-15(21)13-19;10-9-5-3-8(4-6-9)7-1-2-7/h6-7,12,15,21H,2-5,8-11,13H2,1H3;3-7,10H,1-2H2. The number of carbonyl (C=O) groups excluding carboxylic acids is 1. The zero-order valence-electron chi connectivity index (χ0n) is 20.0. The summed E-state index contributed by atoms with van der Waals surface area (Å²) in [4.78, 5) is 15.9. The van der Waals surface area contributed by atoms with E-state index in [2.05, 4.69) is 4.90 Å². The molecular weight excluding hydrogens is 432 g/mol. The van der Waals surface area contributed by atoms with Crippen molar-refractivity contribution >= 4 is 11.6 Å². The number of nitrogens with zero attached hydrogens (tertiary/aromatic N) is 2. The van der Waals surface area contributed by atoms with Crippen LogP contribution in [0.25, 0.3) is 0 Å². The second-order valence-electron chi connectivity index (χ2n) is 9.30. The number of benzene rings is 2. The minimum Gasteiger partial charge on any atom is -0.508 e. The van der Waals surface area contributed by atoms with E-state index in [-0.39, 0.29) is 12.0 Å². The lowest BCUT2D eigenvalue weighted by Crippen LogP contribution is -2.40. The summed E-state index contributed by atoms with van der Waals surface area (Å²) in [6.07, 6.45) is 5.87. The van der Waals surface area contributed by atoms with Crippen LogP contribution in [0.15, 0.2) is 42.5 Å². The molecule has 2 heterocycles. The number of hydrogen-bond donors (Lipinski definition) is 2. The number of rotatable bonds is 7. The molecule has 34 heavy (non-hydrogen) atoms. The number of β-amino-alcohol motifs (C(OH)–C–C–N with tert-alkyl or cyclic N) is 1. The van der Waals surface area contributed by atoms with E-state index < -0.39 is 0 Å². The molecule has 1 aliphatic carbocycles. The van der Waals surface area contributed by atoms with Gasteiger partial charge in [0.15, 0.2) is 11.5 Å². The van der Waals surface area contributed by atoms with Gasteiger partial charge in [-0.25, -0.2) is 0 Å². The highest BCUT2D eigenvalue weighted by atomic mass is 16.5. The molecule has 2 aromatic rings. The molecule has 3 fully saturated rings.